The van der Waals surface area contributed by atoms with Crippen molar-refractivity contribution >= 4 is 77.7 Å². The Balaban J connectivity index is 0.820. The zero-order chi connectivity index (χ0) is 42.4. The Morgan fingerprint density at radius 2 is 0.594 bits per heavy atom. The van der Waals surface area contributed by atoms with Crippen molar-refractivity contribution in [1.82, 2.24) is 30.0 Å². The molecule has 8 heteroatoms. The zero-order valence-corrected chi connectivity index (χ0v) is 34.5. The minimum absolute atomic E-state index is 0.870. The molecular weight excluding hydrogens is 785 g/mol. The summed E-state index contributed by atoms with van der Waals surface area (Å²) in [5.74, 6) is 0. The third-order valence-corrected chi connectivity index (χ3v) is 11.8. The maximum atomic E-state index is 4.90. The number of anilines is 6. The summed E-state index contributed by atoms with van der Waals surface area (Å²) in [5.41, 5.74) is 13.9. The smallest absolute Gasteiger partial charge is 0.121 e. The van der Waals surface area contributed by atoms with Crippen LogP contribution in [0.4, 0.5) is 34.1 Å². The topological polar surface area (TPSA) is 67.9 Å². The number of fused-ring (bicyclic) bond motifs is 6. The third kappa shape index (κ3) is 6.67. The van der Waals surface area contributed by atoms with E-state index in [4.69, 9.17) is 20.4 Å². The van der Waals surface area contributed by atoms with Crippen LogP contribution in [-0.4, -0.2) is 30.0 Å². The molecule has 0 saturated carbocycles. The van der Waals surface area contributed by atoms with Gasteiger partial charge in [0.15, 0.2) is 0 Å². The van der Waals surface area contributed by atoms with Gasteiger partial charge in [-0.2, -0.15) is 9.59 Å². The molecule has 0 N–H and O–H groups in total. The van der Waals surface area contributed by atoms with Crippen molar-refractivity contribution in [3.8, 4) is 22.5 Å². The fourth-order valence-electron chi connectivity index (χ4n) is 8.65. The second kappa shape index (κ2) is 15.5. The van der Waals surface area contributed by atoms with Gasteiger partial charge in [0, 0.05) is 44.9 Å². The van der Waals surface area contributed by atoms with Gasteiger partial charge in [0.25, 0.3) is 0 Å². The van der Waals surface area contributed by atoms with Crippen LogP contribution in [0.15, 0.2) is 231 Å². The Labute approximate surface area is 369 Å². The van der Waals surface area contributed by atoms with Crippen LogP contribution < -0.4 is 9.80 Å². The van der Waals surface area contributed by atoms with E-state index in [0.29, 0.717) is 0 Å². The van der Waals surface area contributed by atoms with Crippen molar-refractivity contribution in [3.05, 3.63) is 231 Å². The van der Waals surface area contributed by atoms with E-state index in [1.54, 1.807) is 9.59 Å². The molecule has 0 atom stereocenters. The summed E-state index contributed by atoms with van der Waals surface area (Å²) in [6, 6.07) is 80.2. The summed E-state index contributed by atoms with van der Waals surface area (Å²) in [6.07, 6.45) is 0. The highest BCUT2D eigenvalue weighted by atomic mass is 15.5. The lowest BCUT2D eigenvalue weighted by atomic mass is 10.0. The highest BCUT2D eigenvalue weighted by Crippen LogP contribution is 2.39. The summed E-state index contributed by atoms with van der Waals surface area (Å²) in [4.78, 5) is 8.00. The quantitative estimate of drug-likeness (QED) is 0.144. The van der Waals surface area contributed by atoms with E-state index in [1.807, 2.05) is 48.5 Å². The maximum Gasteiger partial charge on any atom is 0.121 e. The number of rotatable bonds is 9. The molecule has 0 unspecified atom stereocenters. The maximum absolute atomic E-state index is 4.90. The first-order chi connectivity index (χ1) is 31.7. The second-order valence-electron chi connectivity index (χ2n) is 15.8. The average molecular weight is 823 g/mol. The van der Waals surface area contributed by atoms with Gasteiger partial charge in [-0.3, -0.25) is 0 Å². The van der Waals surface area contributed by atoms with Gasteiger partial charge < -0.3 is 9.80 Å². The fourth-order valence-corrected chi connectivity index (χ4v) is 8.65. The first kappa shape index (κ1) is 36.9. The molecule has 8 nitrogen and oxygen atoms in total. The molecule has 12 rings (SSSR count). The molecule has 0 aliphatic carbocycles. The number of aromatic nitrogens is 6. The zero-order valence-electron chi connectivity index (χ0n) is 34.5. The lowest BCUT2D eigenvalue weighted by molar-refractivity contribution is 0.766. The van der Waals surface area contributed by atoms with Crippen LogP contribution in [0.25, 0.3) is 66.1 Å². The van der Waals surface area contributed by atoms with Crippen LogP contribution in [0.2, 0.25) is 0 Å². The summed E-state index contributed by atoms with van der Waals surface area (Å²) in [6.45, 7) is 0. The van der Waals surface area contributed by atoms with Crippen LogP contribution >= 0.6 is 0 Å². The van der Waals surface area contributed by atoms with E-state index in [9.17, 15) is 0 Å². The average Bonchev–Trinajstić information content (AvgIpc) is 4.02. The molecule has 2 heterocycles. The molecule has 0 fully saturated rings. The standard InChI is InChI=1S/C56H38N8/c1-3-13-43(14-4-1)61(47-29-33-49(34-30-47)63-57-53-37-23-41-11-7-9-17-51(41)55(53)59-63)45-25-19-39(20-26-45)40-21-27-46(28-22-40)62(44-15-5-2-6-16-44)48-31-35-50(36-32-48)64-58-54-38-24-42-12-8-10-18-52(42)56(54)60-64/h1-38H. The minimum Gasteiger partial charge on any atom is -0.311 e. The Morgan fingerprint density at radius 3 is 0.984 bits per heavy atom. The largest absolute Gasteiger partial charge is 0.311 e. The monoisotopic (exact) mass is 822 g/mol. The highest BCUT2D eigenvalue weighted by Gasteiger charge is 2.17. The molecule has 0 radical (unpaired) electrons. The predicted octanol–water partition coefficient (Wildman–Crippen LogP) is 14.1. The van der Waals surface area contributed by atoms with Crippen molar-refractivity contribution in [2.45, 2.75) is 0 Å². The molecule has 0 saturated heterocycles. The number of benzene rings is 10. The van der Waals surface area contributed by atoms with Crippen molar-refractivity contribution < 1.29 is 0 Å². The van der Waals surface area contributed by atoms with Gasteiger partial charge in [0.1, 0.15) is 22.1 Å². The van der Waals surface area contributed by atoms with Crippen LogP contribution in [0.5, 0.6) is 0 Å². The molecule has 12 aromatic rings. The number of para-hydroxylation sites is 2. The SMILES string of the molecule is c1ccc(N(c2ccc(-c3ccc(N(c4ccccc4)c4ccc(-n5nc6ccc7ccccc7c6n5)cc4)cc3)cc2)c2ccc(-n3nc4ccc5ccccc5c4n3)cc2)cc1. The van der Waals surface area contributed by atoms with Gasteiger partial charge >= 0.3 is 0 Å². The van der Waals surface area contributed by atoms with Crippen LogP contribution in [-0.2, 0) is 0 Å². The second-order valence-corrected chi connectivity index (χ2v) is 15.8. The van der Waals surface area contributed by atoms with Gasteiger partial charge in [0.2, 0.25) is 0 Å². The Hall–Kier alpha value is -8.88. The summed E-state index contributed by atoms with van der Waals surface area (Å²) >= 11 is 0. The van der Waals surface area contributed by atoms with Gasteiger partial charge in [-0.25, -0.2) is 0 Å². The Morgan fingerprint density at radius 1 is 0.266 bits per heavy atom. The molecule has 64 heavy (non-hydrogen) atoms. The number of hydrogen-bond donors (Lipinski definition) is 0. The first-order valence-corrected chi connectivity index (χ1v) is 21.3. The van der Waals surface area contributed by atoms with E-state index in [0.717, 1.165) is 100 Å². The van der Waals surface area contributed by atoms with Gasteiger partial charge in [0.05, 0.1) is 11.4 Å². The first-order valence-electron chi connectivity index (χ1n) is 21.3. The third-order valence-electron chi connectivity index (χ3n) is 11.8. The Bertz CT molecular complexity index is 3340. The highest BCUT2D eigenvalue weighted by molar-refractivity contribution is 6.04. The van der Waals surface area contributed by atoms with Gasteiger partial charge in [-0.1, -0.05) is 121 Å². The van der Waals surface area contributed by atoms with Crippen LogP contribution in [0, 0.1) is 0 Å². The molecular formula is C56H38N8. The molecule has 0 aliphatic heterocycles. The van der Waals surface area contributed by atoms with Crippen LogP contribution in [0.1, 0.15) is 0 Å². The molecule has 10 aromatic carbocycles. The lowest BCUT2D eigenvalue weighted by Gasteiger charge is -2.26. The summed E-state index contributed by atoms with van der Waals surface area (Å²) in [7, 11) is 0. The van der Waals surface area contributed by atoms with Crippen molar-refractivity contribution in [1.29, 1.82) is 0 Å². The van der Waals surface area contributed by atoms with Gasteiger partial charge in [-0.15, -0.1) is 20.4 Å². The van der Waals surface area contributed by atoms with Crippen molar-refractivity contribution in [3.63, 3.8) is 0 Å². The molecule has 0 amide bonds. The van der Waals surface area contributed by atoms with Gasteiger partial charge in [-0.05, 0) is 131 Å². The summed E-state index contributed by atoms with van der Waals surface area (Å²) in [5, 5.41) is 23.9. The number of hydrogen-bond acceptors (Lipinski definition) is 6. The van der Waals surface area contributed by atoms with E-state index in [1.165, 1.54) is 0 Å². The molecule has 2 aromatic heterocycles. The normalized spacial score (nSPS) is 11.4. The lowest BCUT2D eigenvalue weighted by Crippen LogP contribution is -2.10. The van der Waals surface area contributed by atoms with Crippen molar-refractivity contribution in [2.24, 2.45) is 0 Å². The van der Waals surface area contributed by atoms with Crippen molar-refractivity contribution in [2.75, 3.05) is 9.80 Å². The minimum atomic E-state index is 0.870. The number of nitrogens with zero attached hydrogens (tertiary/aromatic N) is 8. The molecule has 0 aliphatic rings. The fraction of sp³-hybridized carbons (Fsp3) is 0. The Kier molecular flexibility index (Phi) is 8.97. The van der Waals surface area contributed by atoms with E-state index < -0.39 is 0 Å². The van der Waals surface area contributed by atoms with E-state index in [2.05, 4.69) is 192 Å². The molecule has 0 spiro atoms. The molecule has 0 bridgehead atoms. The van der Waals surface area contributed by atoms with E-state index in [-0.39, 0.29) is 0 Å². The van der Waals surface area contributed by atoms with E-state index >= 15 is 0 Å². The predicted molar refractivity (Wildman–Crippen MR) is 261 cm³/mol. The summed E-state index contributed by atoms with van der Waals surface area (Å²) < 4.78 is 0. The molecule has 302 valence electrons. The van der Waals surface area contributed by atoms with Crippen LogP contribution in [0.3, 0.4) is 0 Å².